The molecule has 0 heterocycles. The van der Waals surface area contributed by atoms with Crippen molar-refractivity contribution in [3.63, 3.8) is 0 Å². The van der Waals surface area contributed by atoms with Crippen molar-refractivity contribution in [2.24, 2.45) is 0 Å². The van der Waals surface area contributed by atoms with Crippen molar-refractivity contribution in [1.29, 1.82) is 0 Å². The smallest absolute Gasteiger partial charge is 0.221 e. The van der Waals surface area contributed by atoms with Crippen molar-refractivity contribution < 1.29 is 14.6 Å². The van der Waals surface area contributed by atoms with Crippen LogP contribution in [0, 0.1) is 0 Å². The van der Waals surface area contributed by atoms with Crippen LogP contribution in [0.4, 0.5) is 0 Å². The van der Waals surface area contributed by atoms with E-state index in [4.69, 9.17) is 16.3 Å². The fraction of sp³-hybridized carbons (Fsp3) is 0.900. The fourth-order valence-electron chi connectivity index (χ4n) is 1.05. The Morgan fingerprint density at radius 3 is 2.43 bits per heavy atom. The van der Waals surface area contributed by atoms with Crippen LogP contribution in [0.1, 0.15) is 46.5 Å². The Hall–Kier alpha value is -0.120. The minimum atomic E-state index is -0.750. The van der Waals surface area contributed by atoms with E-state index in [1.54, 1.807) is 0 Å². The SMILES string of the molecule is CC(C)(C)OC(O)CCCCC(=O)Cl. The molecular formula is C10H19ClO3. The molecule has 3 nitrogen and oxygen atoms in total. The molecule has 0 saturated heterocycles. The zero-order valence-electron chi connectivity index (χ0n) is 9.05. The number of carbonyl (C=O) groups excluding carboxylic acids is 1. The molecule has 1 unspecified atom stereocenters. The molecule has 0 fully saturated rings. The molecule has 0 bridgehead atoms. The van der Waals surface area contributed by atoms with Crippen molar-refractivity contribution in [2.75, 3.05) is 0 Å². The van der Waals surface area contributed by atoms with E-state index in [9.17, 15) is 9.90 Å². The van der Waals surface area contributed by atoms with Crippen molar-refractivity contribution in [2.45, 2.75) is 58.3 Å². The number of aliphatic hydroxyl groups is 1. The Labute approximate surface area is 90.4 Å². The number of halogens is 1. The summed E-state index contributed by atoms with van der Waals surface area (Å²) in [7, 11) is 0. The number of hydrogen-bond acceptors (Lipinski definition) is 3. The molecule has 0 saturated carbocycles. The van der Waals surface area contributed by atoms with E-state index in [2.05, 4.69) is 0 Å². The molecule has 1 atom stereocenters. The summed E-state index contributed by atoms with van der Waals surface area (Å²) in [6, 6.07) is 0. The summed E-state index contributed by atoms with van der Waals surface area (Å²) in [5.74, 6) is 0. The quantitative estimate of drug-likeness (QED) is 0.427. The largest absolute Gasteiger partial charge is 0.368 e. The van der Waals surface area contributed by atoms with E-state index < -0.39 is 6.29 Å². The molecule has 1 N–H and O–H groups in total. The standard InChI is InChI=1S/C10H19ClO3/c1-10(2,3)14-9(13)7-5-4-6-8(11)12/h9,13H,4-7H2,1-3H3. The Kier molecular flexibility index (Phi) is 6.33. The van der Waals surface area contributed by atoms with E-state index in [-0.39, 0.29) is 10.8 Å². The lowest BCUT2D eigenvalue weighted by Crippen LogP contribution is -2.27. The van der Waals surface area contributed by atoms with Crippen LogP contribution >= 0.6 is 11.6 Å². The van der Waals surface area contributed by atoms with Gasteiger partial charge in [0.15, 0.2) is 6.29 Å². The van der Waals surface area contributed by atoms with Crippen molar-refractivity contribution in [3.8, 4) is 0 Å². The predicted molar refractivity (Wildman–Crippen MR) is 56.2 cm³/mol. The van der Waals surface area contributed by atoms with Gasteiger partial charge in [0.2, 0.25) is 5.24 Å². The highest BCUT2D eigenvalue weighted by Gasteiger charge is 2.15. The lowest BCUT2D eigenvalue weighted by molar-refractivity contribution is -0.168. The number of unbranched alkanes of at least 4 members (excludes halogenated alkanes) is 1. The maximum Gasteiger partial charge on any atom is 0.221 e. The lowest BCUT2D eigenvalue weighted by Gasteiger charge is -2.23. The van der Waals surface area contributed by atoms with Gasteiger partial charge in [-0.2, -0.15) is 0 Å². The Morgan fingerprint density at radius 2 is 2.00 bits per heavy atom. The summed E-state index contributed by atoms with van der Waals surface area (Å²) in [6.45, 7) is 5.66. The average molecular weight is 223 g/mol. The molecule has 4 heteroatoms. The maximum absolute atomic E-state index is 10.4. The molecule has 0 aliphatic carbocycles. The summed E-state index contributed by atoms with van der Waals surface area (Å²) < 4.78 is 5.28. The maximum atomic E-state index is 10.4. The third-order valence-electron chi connectivity index (χ3n) is 1.56. The van der Waals surface area contributed by atoms with Gasteiger partial charge >= 0.3 is 0 Å². The molecule has 84 valence electrons. The highest BCUT2D eigenvalue weighted by atomic mass is 35.5. The van der Waals surface area contributed by atoms with Gasteiger partial charge in [-0.1, -0.05) is 0 Å². The molecule has 0 amide bonds. The van der Waals surface area contributed by atoms with Crippen LogP contribution in [-0.2, 0) is 9.53 Å². The highest BCUT2D eigenvalue weighted by molar-refractivity contribution is 6.63. The normalized spacial score (nSPS) is 14.1. The number of ether oxygens (including phenoxy) is 1. The number of carbonyl (C=O) groups is 1. The van der Waals surface area contributed by atoms with Gasteiger partial charge in [-0.15, -0.1) is 0 Å². The first-order chi connectivity index (χ1) is 6.31. The molecule has 0 aliphatic heterocycles. The average Bonchev–Trinajstić information content (AvgIpc) is 1.94. The fourth-order valence-corrected chi connectivity index (χ4v) is 1.18. The summed E-state index contributed by atoms with van der Waals surface area (Å²) in [6.07, 6.45) is 1.61. The summed E-state index contributed by atoms with van der Waals surface area (Å²) in [5.41, 5.74) is -0.332. The minimum absolute atomic E-state index is 0.323. The topological polar surface area (TPSA) is 46.5 Å². The van der Waals surface area contributed by atoms with Crippen LogP contribution in [0.2, 0.25) is 0 Å². The van der Waals surface area contributed by atoms with Crippen LogP contribution < -0.4 is 0 Å². The van der Waals surface area contributed by atoms with Gasteiger partial charge in [-0.3, -0.25) is 4.79 Å². The van der Waals surface area contributed by atoms with Crippen LogP contribution in [0.3, 0.4) is 0 Å². The first-order valence-corrected chi connectivity index (χ1v) is 5.23. The zero-order valence-corrected chi connectivity index (χ0v) is 9.80. The van der Waals surface area contributed by atoms with Crippen LogP contribution in [-0.4, -0.2) is 22.2 Å². The highest BCUT2D eigenvalue weighted by Crippen LogP contribution is 2.13. The van der Waals surface area contributed by atoms with E-state index >= 15 is 0 Å². The summed E-state index contributed by atoms with van der Waals surface area (Å²) in [4.78, 5) is 10.4. The summed E-state index contributed by atoms with van der Waals surface area (Å²) >= 11 is 5.17. The Balaban J connectivity index is 3.45. The Bertz CT molecular complexity index is 175. The van der Waals surface area contributed by atoms with E-state index in [0.29, 0.717) is 19.3 Å². The van der Waals surface area contributed by atoms with E-state index in [1.165, 1.54) is 0 Å². The monoisotopic (exact) mass is 222 g/mol. The third kappa shape index (κ3) is 9.96. The van der Waals surface area contributed by atoms with Crippen LogP contribution in [0.25, 0.3) is 0 Å². The summed E-state index contributed by atoms with van der Waals surface area (Å²) in [5, 5.41) is 9.09. The second kappa shape index (κ2) is 6.38. The van der Waals surface area contributed by atoms with Gasteiger partial charge in [0.1, 0.15) is 0 Å². The second-order valence-corrected chi connectivity index (χ2v) is 4.71. The van der Waals surface area contributed by atoms with Crippen molar-refractivity contribution in [3.05, 3.63) is 0 Å². The van der Waals surface area contributed by atoms with E-state index in [0.717, 1.165) is 6.42 Å². The van der Waals surface area contributed by atoms with Gasteiger partial charge in [0.05, 0.1) is 5.60 Å². The van der Waals surface area contributed by atoms with Crippen molar-refractivity contribution in [1.82, 2.24) is 0 Å². The minimum Gasteiger partial charge on any atom is -0.368 e. The zero-order chi connectivity index (χ0) is 11.2. The molecule has 0 spiro atoms. The van der Waals surface area contributed by atoms with Gasteiger partial charge in [-0.05, 0) is 51.6 Å². The van der Waals surface area contributed by atoms with E-state index in [1.807, 2.05) is 20.8 Å². The molecule has 0 aromatic heterocycles. The number of aliphatic hydroxyl groups excluding tert-OH is 1. The second-order valence-electron chi connectivity index (χ2n) is 4.29. The first kappa shape index (κ1) is 13.9. The first-order valence-electron chi connectivity index (χ1n) is 4.85. The molecule has 14 heavy (non-hydrogen) atoms. The molecule has 0 radical (unpaired) electrons. The van der Waals surface area contributed by atoms with Crippen LogP contribution in [0.5, 0.6) is 0 Å². The molecule has 0 aromatic carbocycles. The van der Waals surface area contributed by atoms with Gasteiger partial charge < -0.3 is 9.84 Å². The third-order valence-corrected chi connectivity index (χ3v) is 1.75. The van der Waals surface area contributed by atoms with Gasteiger partial charge in [-0.25, -0.2) is 0 Å². The Morgan fingerprint density at radius 1 is 1.43 bits per heavy atom. The molecule has 0 aliphatic rings. The van der Waals surface area contributed by atoms with Gasteiger partial charge in [0.25, 0.3) is 0 Å². The molecule has 0 aromatic rings. The van der Waals surface area contributed by atoms with Crippen molar-refractivity contribution >= 4 is 16.8 Å². The van der Waals surface area contributed by atoms with Crippen LogP contribution in [0.15, 0.2) is 0 Å². The lowest BCUT2D eigenvalue weighted by atomic mass is 10.1. The van der Waals surface area contributed by atoms with Gasteiger partial charge in [0, 0.05) is 6.42 Å². The predicted octanol–water partition coefficient (Wildman–Crippen LogP) is 2.45. The molecular weight excluding hydrogens is 204 g/mol. The number of rotatable bonds is 6. The molecule has 0 rings (SSSR count). The number of hydrogen-bond donors (Lipinski definition) is 1.